The lowest BCUT2D eigenvalue weighted by Gasteiger charge is -2.14. The Morgan fingerprint density at radius 2 is 1.79 bits per heavy atom. The van der Waals surface area contributed by atoms with Crippen molar-refractivity contribution in [3.8, 4) is 0 Å². The highest BCUT2D eigenvalue weighted by Crippen LogP contribution is 2.23. The van der Waals surface area contributed by atoms with E-state index in [4.69, 9.17) is 11.6 Å². The molecule has 0 aliphatic carbocycles. The summed E-state index contributed by atoms with van der Waals surface area (Å²) in [6, 6.07) is 5.96. The van der Waals surface area contributed by atoms with E-state index in [2.05, 4.69) is 4.74 Å². The quantitative estimate of drug-likeness (QED) is 0.409. The number of alkyl halides is 4. The summed E-state index contributed by atoms with van der Waals surface area (Å²) in [5.41, 5.74) is 0.882. The van der Waals surface area contributed by atoms with E-state index in [1.807, 2.05) is 0 Å². The molecule has 1 rings (SSSR count). The van der Waals surface area contributed by atoms with Crippen LogP contribution >= 0.6 is 11.6 Å². The van der Waals surface area contributed by atoms with Gasteiger partial charge in [0.2, 0.25) is 0 Å². The molecule has 1 aromatic carbocycles. The Hall–Kier alpha value is -0.810. The fourth-order valence-electron chi connectivity index (χ4n) is 1.69. The Morgan fingerprint density at radius 1 is 1.16 bits per heavy atom. The minimum Gasteiger partial charge on any atom is -0.372 e. The molecule has 108 valence electrons. The second-order valence-electron chi connectivity index (χ2n) is 4.21. The molecule has 1 unspecified atom stereocenters. The van der Waals surface area contributed by atoms with Crippen LogP contribution in [0.1, 0.15) is 24.3 Å². The molecule has 0 amide bonds. The van der Waals surface area contributed by atoms with Gasteiger partial charge in [0.05, 0.1) is 0 Å². The average molecular weight is 299 g/mol. The molecule has 1 nitrogen and oxygen atoms in total. The van der Waals surface area contributed by atoms with E-state index in [0.29, 0.717) is 18.7 Å². The zero-order valence-corrected chi connectivity index (χ0v) is 11.0. The molecule has 0 heterocycles. The second kappa shape index (κ2) is 7.70. The topological polar surface area (TPSA) is 9.23 Å². The minimum atomic E-state index is -4.29. The van der Waals surface area contributed by atoms with Crippen LogP contribution in [0.5, 0.6) is 0 Å². The first-order valence-electron chi connectivity index (χ1n) is 5.88. The van der Waals surface area contributed by atoms with Crippen molar-refractivity contribution in [1.29, 1.82) is 0 Å². The summed E-state index contributed by atoms with van der Waals surface area (Å²) in [6.45, 7) is -1.19. The zero-order valence-electron chi connectivity index (χ0n) is 10.2. The van der Waals surface area contributed by atoms with E-state index in [0.717, 1.165) is 5.56 Å². The third-order valence-electron chi connectivity index (χ3n) is 2.63. The summed E-state index contributed by atoms with van der Waals surface area (Å²) in [5, 5.41) is 0. The predicted molar refractivity (Wildman–Crippen MR) is 66.0 cm³/mol. The van der Waals surface area contributed by atoms with Gasteiger partial charge in [0, 0.05) is 12.5 Å². The van der Waals surface area contributed by atoms with E-state index in [1.165, 1.54) is 12.1 Å². The molecular weight excluding hydrogens is 284 g/mol. The molecule has 0 saturated carbocycles. The van der Waals surface area contributed by atoms with Gasteiger partial charge in [-0.2, -0.15) is 13.2 Å². The Morgan fingerprint density at radius 3 is 2.32 bits per heavy atom. The molecule has 1 atom stereocenters. The van der Waals surface area contributed by atoms with E-state index in [-0.39, 0.29) is 18.3 Å². The highest BCUT2D eigenvalue weighted by molar-refractivity contribution is 6.18. The lowest BCUT2D eigenvalue weighted by atomic mass is 9.96. The van der Waals surface area contributed by atoms with Gasteiger partial charge >= 0.3 is 6.18 Å². The van der Waals surface area contributed by atoms with Gasteiger partial charge in [0.1, 0.15) is 12.4 Å². The lowest BCUT2D eigenvalue weighted by molar-refractivity contribution is -0.174. The maximum Gasteiger partial charge on any atom is 0.411 e. The molecule has 0 aromatic heterocycles. The number of hydrogen-bond donors (Lipinski definition) is 0. The van der Waals surface area contributed by atoms with Crippen LogP contribution in [0.15, 0.2) is 24.3 Å². The van der Waals surface area contributed by atoms with Crippen molar-refractivity contribution in [3.05, 3.63) is 35.6 Å². The lowest BCUT2D eigenvalue weighted by Crippen LogP contribution is -2.17. The van der Waals surface area contributed by atoms with Crippen LogP contribution in [-0.2, 0) is 4.74 Å². The standard InChI is InChI=1S/C13H15ClF4O/c14-8-11(10-3-5-12(15)6-4-10)2-1-7-19-9-13(16,17)18/h3-6,11H,1-2,7-9H2. The molecule has 0 aliphatic rings. The van der Waals surface area contributed by atoms with Crippen molar-refractivity contribution >= 4 is 11.6 Å². The summed E-state index contributed by atoms with van der Waals surface area (Å²) in [5.74, 6) is 0.00703. The van der Waals surface area contributed by atoms with Crippen molar-refractivity contribution in [2.24, 2.45) is 0 Å². The number of halogens is 5. The Balaban J connectivity index is 2.31. The van der Waals surface area contributed by atoms with Crippen LogP contribution < -0.4 is 0 Å². The van der Waals surface area contributed by atoms with Crippen molar-refractivity contribution in [2.45, 2.75) is 24.9 Å². The maximum atomic E-state index is 12.8. The first-order chi connectivity index (χ1) is 8.92. The van der Waals surface area contributed by atoms with Crippen LogP contribution in [-0.4, -0.2) is 25.3 Å². The summed E-state index contributed by atoms with van der Waals surface area (Å²) < 4.78 is 52.8. The van der Waals surface area contributed by atoms with Crippen LogP contribution in [0.25, 0.3) is 0 Å². The Kier molecular flexibility index (Phi) is 6.58. The number of benzene rings is 1. The van der Waals surface area contributed by atoms with Gasteiger partial charge in [-0.1, -0.05) is 12.1 Å². The summed E-state index contributed by atoms with van der Waals surface area (Å²) in [6.07, 6.45) is -3.21. The first-order valence-corrected chi connectivity index (χ1v) is 6.42. The van der Waals surface area contributed by atoms with Crippen molar-refractivity contribution < 1.29 is 22.3 Å². The highest BCUT2D eigenvalue weighted by Gasteiger charge is 2.27. The molecule has 1 aromatic rings. The second-order valence-corrected chi connectivity index (χ2v) is 4.52. The molecule has 0 spiro atoms. The zero-order chi connectivity index (χ0) is 14.3. The summed E-state index contributed by atoms with van der Waals surface area (Å²) in [4.78, 5) is 0. The third kappa shape index (κ3) is 6.78. The fraction of sp³-hybridized carbons (Fsp3) is 0.538. The Bertz CT molecular complexity index is 364. The van der Waals surface area contributed by atoms with Gasteiger partial charge in [0.25, 0.3) is 0 Å². The maximum absolute atomic E-state index is 12.8. The van der Waals surface area contributed by atoms with Crippen molar-refractivity contribution in [2.75, 3.05) is 19.1 Å². The van der Waals surface area contributed by atoms with E-state index in [9.17, 15) is 17.6 Å². The van der Waals surface area contributed by atoms with Crippen molar-refractivity contribution in [3.63, 3.8) is 0 Å². The number of rotatable bonds is 7. The summed E-state index contributed by atoms with van der Waals surface area (Å²) >= 11 is 5.81. The van der Waals surface area contributed by atoms with Gasteiger partial charge in [0.15, 0.2) is 0 Å². The Labute approximate surface area is 114 Å². The monoisotopic (exact) mass is 298 g/mol. The van der Waals surface area contributed by atoms with E-state index < -0.39 is 12.8 Å². The highest BCUT2D eigenvalue weighted by atomic mass is 35.5. The van der Waals surface area contributed by atoms with Gasteiger partial charge in [-0.25, -0.2) is 4.39 Å². The molecular formula is C13H15ClF4O. The molecule has 19 heavy (non-hydrogen) atoms. The van der Waals surface area contributed by atoms with Gasteiger partial charge in [-0.05, 0) is 36.5 Å². The van der Waals surface area contributed by atoms with Gasteiger partial charge in [-0.15, -0.1) is 11.6 Å². The number of ether oxygens (including phenoxy) is 1. The largest absolute Gasteiger partial charge is 0.411 e. The van der Waals surface area contributed by atoms with Crippen LogP contribution in [0, 0.1) is 5.82 Å². The molecule has 0 radical (unpaired) electrons. The summed E-state index contributed by atoms with van der Waals surface area (Å²) in [7, 11) is 0. The molecule has 6 heteroatoms. The van der Waals surface area contributed by atoms with Crippen LogP contribution in [0.3, 0.4) is 0 Å². The molecule has 0 bridgehead atoms. The van der Waals surface area contributed by atoms with E-state index >= 15 is 0 Å². The minimum absolute atomic E-state index is 0.00301. The van der Waals surface area contributed by atoms with Crippen LogP contribution in [0.2, 0.25) is 0 Å². The molecule has 0 fully saturated rings. The average Bonchev–Trinajstić information content (AvgIpc) is 2.34. The predicted octanol–water partition coefficient (Wildman–Crippen LogP) is 4.51. The first kappa shape index (κ1) is 16.2. The normalized spacial score (nSPS) is 13.5. The SMILES string of the molecule is Fc1ccc(C(CCl)CCCOCC(F)(F)F)cc1. The van der Waals surface area contributed by atoms with Crippen LogP contribution in [0.4, 0.5) is 17.6 Å². The van der Waals surface area contributed by atoms with Crippen molar-refractivity contribution in [1.82, 2.24) is 0 Å². The van der Waals surface area contributed by atoms with Gasteiger partial charge < -0.3 is 4.74 Å². The van der Waals surface area contributed by atoms with Gasteiger partial charge in [-0.3, -0.25) is 0 Å². The number of hydrogen-bond acceptors (Lipinski definition) is 1. The molecule has 0 saturated heterocycles. The third-order valence-corrected chi connectivity index (χ3v) is 3.01. The fourth-order valence-corrected chi connectivity index (χ4v) is 2.02. The smallest absolute Gasteiger partial charge is 0.372 e. The van der Waals surface area contributed by atoms with E-state index in [1.54, 1.807) is 12.1 Å². The molecule has 0 N–H and O–H groups in total. The molecule has 0 aliphatic heterocycles.